The first-order valence-corrected chi connectivity index (χ1v) is 13.4. The molecule has 0 aliphatic heterocycles. The molecule has 0 atom stereocenters. The molecule has 0 N–H and O–H groups in total. The van der Waals surface area contributed by atoms with Gasteiger partial charge in [-0.05, 0) is 72.4 Å². The largest absolute Gasteiger partial charge is 0.493 e. The molecule has 0 fully saturated rings. The lowest BCUT2D eigenvalue weighted by Crippen LogP contribution is -2.35. The highest BCUT2D eigenvalue weighted by atomic mass is 32.2. The van der Waals surface area contributed by atoms with Crippen LogP contribution in [-0.2, 0) is 21.2 Å². The van der Waals surface area contributed by atoms with Gasteiger partial charge in [-0.1, -0.05) is 57.2 Å². The lowest BCUT2D eigenvalue weighted by atomic mass is 10.1. The summed E-state index contributed by atoms with van der Waals surface area (Å²) in [6.07, 6.45) is 4.54. The van der Waals surface area contributed by atoms with E-state index in [4.69, 9.17) is 9.47 Å². The summed E-state index contributed by atoms with van der Waals surface area (Å²) >= 11 is 0. The summed E-state index contributed by atoms with van der Waals surface area (Å²) in [7, 11) is -2.57. The van der Waals surface area contributed by atoms with Crippen LogP contribution in [0.3, 0.4) is 0 Å². The van der Waals surface area contributed by atoms with E-state index in [0.29, 0.717) is 29.6 Å². The Bertz CT molecular complexity index is 1280. The maximum Gasteiger partial charge on any atom is 0.271 e. The van der Waals surface area contributed by atoms with Gasteiger partial charge in [-0.3, -0.25) is 4.79 Å². The van der Waals surface area contributed by atoms with Crippen LogP contribution in [0.15, 0.2) is 83.8 Å². The van der Waals surface area contributed by atoms with Crippen molar-refractivity contribution in [1.82, 2.24) is 0 Å². The molecule has 0 bridgehead atoms. The van der Waals surface area contributed by atoms with Crippen molar-refractivity contribution in [3.05, 3.63) is 90.0 Å². The molecule has 0 aliphatic rings. The smallest absolute Gasteiger partial charge is 0.271 e. The Hall–Kier alpha value is -3.58. The van der Waals surface area contributed by atoms with Gasteiger partial charge in [-0.15, -0.1) is 0 Å². The second kappa shape index (κ2) is 12.4. The standard InChI is InChI=1S/C29H33NO5S/c1-5-23-11-15-25(16-12-23)30(36(32,33)26-9-7-6-8-10-26)29(31)18-14-24-13-17-27(28(21-24)34-4)35-20-19-22(2)3/h6-18,21-22H,5,19-20H2,1-4H3/b18-14+. The van der Waals surface area contributed by atoms with Crippen LogP contribution < -0.4 is 13.8 Å². The quantitative estimate of drug-likeness (QED) is 0.293. The van der Waals surface area contributed by atoms with E-state index in [-0.39, 0.29) is 10.6 Å². The van der Waals surface area contributed by atoms with E-state index in [9.17, 15) is 13.2 Å². The third kappa shape index (κ3) is 6.76. The van der Waals surface area contributed by atoms with E-state index < -0.39 is 15.9 Å². The monoisotopic (exact) mass is 507 g/mol. The number of benzene rings is 3. The van der Waals surface area contributed by atoms with Crippen molar-refractivity contribution in [2.75, 3.05) is 18.0 Å². The number of rotatable bonds is 11. The molecule has 190 valence electrons. The van der Waals surface area contributed by atoms with Crippen molar-refractivity contribution >= 4 is 27.7 Å². The van der Waals surface area contributed by atoms with Crippen LogP contribution in [0.2, 0.25) is 0 Å². The Morgan fingerprint density at radius 2 is 1.67 bits per heavy atom. The summed E-state index contributed by atoms with van der Waals surface area (Å²) in [4.78, 5) is 13.4. The van der Waals surface area contributed by atoms with Gasteiger partial charge in [0.05, 0.1) is 24.3 Å². The molecule has 3 aromatic rings. The zero-order valence-corrected chi connectivity index (χ0v) is 22.0. The fraction of sp³-hybridized carbons (Fsp3) is 0.276. The molecule has 36 heavy (non-hydrogen) atoms. The number of carbonyl (C=O) groups excluding carboxylic acids is 1. The minimum Gasteiger partial charge on any atom is -0.493 e. The van der Waals surface area contributed by atoms with Crippen molar-refractivity contribution in [1.29, 1.82) is 0 Å². The Balaban J connectivity index is 1.91. The zero-order chi connectivity index (χ0) is 26.1. The number of nitrogens with zero attached hydrogens (tertiary/aromatic N) is 1. The predicted molar refractivity (Wildman–Crippen MR) is 144 cm³/mol. The first kappa shape index (κ1) is 27.0. The summed E-state index contributed by atoms with van der Waals surface area (Å²) in [5.41, 5.74) is 1.99. The van der Waals surface area contributed by atoms with Crippen molar-refractivity contribution in [2.24, 2.45) is 5.92 Å². The van der Waals surface area contributed by atoms with E-state index in [2.05, 4.69) is 13.8 Å². The first-order valence-electron chi connectivity index (χ1n) is 12.0. The summed E-state index contributed by atoms with van der Waals surface area (Å²) < 4.78 is 39.0. The highest BCUT2D eigenvalue weighted by molar-refractivity contribution is 7.93. The maximum absolute atomic E-state index is 13.5. The van der Waals surface area contributed by atoms with Gasteiger partial charge in [0.1, 0.15) is 0 Å². The number of methoxy groups -OCH3 is 1. The lowest BCUT2D eigenvalue weighted by molar-refractivity contribution is -0.113. The SMILES string of the molecule is CCc1ccc(N(C(=O)/C=C/c2ccc(OCCC(C)C)c(OC)c2)S(=O)(=O)c2ccccc2)cc1. The molecule has 0 unspecified atom stereocenters. The average Bonchev–Trinajstić information content (AvgIpc) is 2.88. The van der Waals surface area contributed by atoms with E-state index in [1.807, 2.05) is 19.1 Å². The molecule has 3 aromatic carbocycles. The van der Waals surface area contributed by atoms with Crippen LogP contribution in [0.25, 0.3) is 6.08 Å². The number of anilines is 1. The molecular weight excluding hydrogens is 474 g/mol. The maximum atomic E-state index is 13.5. The van der Waals surface area contributed by atoms with Gasteiger partial charge >= 0.3 is 0 Å². The van der Waals surface area contributed by atoms with Crippen LogP contribution in [0.1, 0.15) is 38.3 Å². The average molecular weight is 508 g/mol. The fourth-order valence-corrected chi connectivity index (χ4v) is 4.91. The van der Waals surface area contributed by atoms with Crippen LogP contribution >= 0.6 is 0 Å². The molecule has 0 radical (unpaired) electrons. The minimum atomic E-state index is -4.13. The number of amides is 1. The summed E-state index contributed by atoms with van der Waals surface area (Å²) in [6, 6.07) is 20.2. The molecule has 0 aromatic heterocycles. The third-order valence-electron chi connectivity index (χ3n) is 5.62. The lowest BCUT2D eigenvalue weighted by Gasteiger charge is -2.21. The number of ether oxygens (including phenoxy) is 2. The predicted octanol–water partition coefficient (Wildman–Crippen LogP) is 6.12. The van der Waals surface area contributed by atoms with Gasteiger partial charge in [0.2, 0.25) is 0 Å². The van der Waals surface area contributed by atoms with Crippen LogP contribution in [-0.4, -0.2) is 28.0 Å². The number of aryl methyl sites for hydroxylation is 1. The Labute approximate surface area is 214 Å². The number of carbonyl (C=O) groups is 1. The minimum absolute atomic E-state index is 0.0379. The fourth-order valence-electron chi connectivity index (χ4n) is 3.50. The van der Waals surface area contributed by atoms with E-state index >= 15 is 0 Å². The number of hydrogen-bond donors (Lipinski definition) is 0. The number of hydrogen-bond acceptors (Lipinski definition) is 5. The van der Waals surface area contributed by atoms with Gasteiger partial charge in [0, 0.05) is 6.08 Å². The Morgan fingerprint density at radius 1 is 0.972 bits per heavy atom. The first-order chi connectivity index (χ1) is 17.3. The molecule has 0 saturated carbocycles. The van der Waals surface area contributed by atoms with Crippen molar-refractivity contribution in [3.63, 3.8) is 0 Å². The van der Waals surface area contributed by atoms with E-state index in [0.717, 1.165) is 22.7 Å². The summed E-state index contributed by atoms with van der Waals surface area (Å²) in [5.74, 6) is 1.00. The summed E-state index contributed by atoms with van der Waals surface area (Å²) in [5, 5.41) is 0. The van der Waals surface area contributed by atoms with Crippen molar-refractivity contribution < 1.29 is 22.7 Å². The zero-order valence-electron chi connectivity index (χ0n) is 21.2. The molecular formula is C29H33NO5S. The van der Waals surface area contributed by atoms with Gasteiger partial charge in [0.25, 0.3) is 15.9 Å². The van der Waals surface area contributed by atoms with Crippen LogP contribution in [0.4, 0.5) is 5.69 Å². The second-order valence-corrected chi connectivity index (χ2v) is 10.5. The molecule has 7 heteroatoms. The van der Waals surface area contributed by atoms with E-state index in [1.54, 1.807) is 61.7 Å². The molecule has 6 nitrogen and oxygen atoms in total. The van der Waals surface area contributed by atoms with Gasteiger partial charge in [-0.25, -0.2) is 8.42 Å². The molecule has 0 spiro atoms. The van der Waals surface area contributed by atoms with Crippen molar-refractivity contribution in [2.45, 2.75) is 38.5 Å². The molecule has 3 rings (SSSR count). The normalized spacial score (nSPS) is 11.6. The second-order valence-electron chi connectivity index (χ2n) is 8.72. The van der Waals surface area contributed by atoms with E-state index in [1.165, 1.54) is 18.2 Å². The van der Waals surface area contributed by atoms with Crippen LogP contribution in [0, 0.1) is 5.92 Å². The highest BCUT2D eigenvalue weighted by Crippen LogP contribution is 2.29. The number of sulfonamides is 1. The van der Waals surface area contributed by atoms with Gasteiger partial charge in [-0.2, -0.15) is 4.31 Å². The highest BCUT2D eigenvalue weighted by Gasteiger charge is 2.29. The van der Waals surface area contributed by atoms with Gasteiger partial charge in [0.15, 0.2) is 11.5 Å². The molecule has 0 heterocycles. The third-order valence-corrected chi connectivity index (χ3v) is 7.36. The topological polar surface area (TPSA) is 72.9 Å². The molecule has 0 saturated heterocycles. The summed E-state index contributed by atoms with van der Waals surface area (Å²) in [6.45, 7) is 6.84. The Morgan fingerprint density at radius 3 is 2.28 bits per heavy atom. The van der Waals surface area contributed by atoms with Gasteiger partial charge < -0.3 is 9.47 Å². The Kier molecular flexibility index (Phi) is 9.31. The molecule has 1 amide bonds. The molecule has 0 aliphatic carbocycles. The van der Waals surface area contributed by atoms with Crippen molar-refractivity contribution in [3.8, 4) is 11.5 Å². The van der Waals surface area contributed by atoms with Crippen LogP contribution in [0.5, 0.6) is 11.5 Å².